The van der Waals surface area contributed by atoms with Crippen molar-refractivity contribution in [3.63, 3.8) is 0 Å². The highest BCUT2D eigenvalue weighted by Crippen LogP contribution is 2.34. The zero-order chi connectivity index (χ0) is 24.9. The quantitative estimate of drug-likeness (QED) is 0.301. The molecule has 0 bridgehead atoms. The van der Waals surface area contributed by atoms with Gasteiger partial charge in [0.15, 0.2) is 0 Å². The number of imide groups is 1. The van der Waals surface area contributed by atoms with Crippen molar-refractivity contribution in [1.82, 2.24) is 0 Å². The molecule has 176 valence electrons. The highest BCUT2D eigenvalue weighted by molar-refractivity contribution is 6.34. The minimum Gasteiger partial charge on any atom is -0.426 e. The molecule has 8 heteroatoms. The minimum absolute atomic E-state index is 0.0386. The average Bonchev–Trinajstić information content (AvgIpc) is 3.34. The van der Waals surface area contributed by atoms with E-state index >= 15 is 0 Å². The standard InChI is InChI=1S/C27H21ClN2O5/c1-15-12-18(10-11-22(15)30-25(32)19-6-3-4-7-20(19)26(30)33)35-27(34)17-13-24(31)29(14-17)23-9-5-8-21(28)16(23)2/h3-12,17H,13-14H2,1-2H3/t17-/m0/s1. The van der Waals surface area contributed by atoms with Gasteiger partial charge in [-0.2, -0.15) is 0 Å². The lowest BCUT2D eigenvalue weighted by atomic mass is 10.1. The molecule has 2 heterocycles. The molecule has 1 saturated heterocycles. The molecule has 1 atom stereocenters. The van der Waals surface area contributed by atoms with Crippen LogP contribution in [0.5, 0.6) is 5.75 Å². The van der Waals surface area contributed by atoms with Crippen LogP contribution >= 0.6 is 11.6 Å². The van der Waals surface area contributed by atoms with Gasteiger partial charge in [0.05, 0.1) is 22.7 Å². The van der Waals surface area contributed by atoms with Crippen LogP contribution in [0.1, 0.15) is 38.3 Å². The summed E-state index contributed by atoms with van der Waals surface area (Å²) in [4.78, 5) is 53.7. The van der Waals surface area contributed by atoms with Crippen molar-refractivity contribution in [2.45, 2.75) is 20.3 Å². The molecule has 35 heavy (non-hydrogen) atoms. The number of hydrogen-bond donors (Lipinski definition) is 0. The van der Waals surface area contributed by atoms with E-state index in [9.17, 15) is 19.2 Å². The van der Waals surface area contributed by atoms with Crippen LogP contribution in [0.25, 0.3) is 0 Å². The summed E-state index contributed by atoms with van der Waals surface area (Å²) in [6, 6.07) is 16.7. The molecule has 3 aromatic rings. The Hall–Kier alpha value is -3.97. The van der Waals surface area contributed by atoms with Gasteiger partial charge in [-0.05, 0) is 67.4 Å². The summed E-state index contributed by atoms with van der Waals surface area (Å²) >= 11 is 6.19. The maximum Gasteiger partial charge on any atom is 0.316 e. The first-order valence-corrected chi connectivity index (χ1v) is 11.5. The second-order valence-corrected chi connectivity index (χ2v) is 9.06. The van der Waals surface area contributed by atoms with Gasteiger partial charge in [-0.1, -0.05) is 29.8 Å². The molecule has 0 aliphatic carbocycles. The van der Waals surface area contributed by atoms with Crippen LogP contribution in [-0.4, -0.2) is 30.2 Å². The number of aryl methyl sites for hydroxylation is 1. The third-order valence-electron chi connectivity index (χ3n) is 6.41. The molecule has 7 nitrogen and oxygen atoms in total. The van der Waals surface area contributed by atoms with Crippen molar-refractivity contribution in [2.24, 2.45) is 5.92 Å². The van der Waals surface area contributed by atoms with Crippen LogP contribution in [0.2, 0.25) is 5.02 Å². The SMILES string of the molecule is Cc1cc(OC(=O)[C@H]2CC(=O)N(c3cccc(Cl)c3C)C2)ccc1N1C(=O)c2ccccc2C1=O. The highest BCUT2D eigenvalue weighted by Gasteiger charge is 2.38. The van der Waals surface area contributed by atoms with Gasteiger partial charge in [0.1, 0.15) is 5.75 Å². The van der Waals surface area contributed by atoms with Crippen molar-refractivity contribution in [1.29, 1.82) is 0 Å². The number of anilines is 2. The predicted octanol–water partition coefficient (Wildman–Crippen LogP) is 4.72. The third kappa shape index (κ3) is 3.88. The first-order chi connectivity index (χ1) is 16.8. The van der Waals surface area contributed by atoms with Gasteiger partial charge in [-0.3, -0.25) is 19.2 Å². The molecule has 2 aliphatic heterocycles. The Morgan fingerprint density at radius 1 is 0.914 bits per heavy atom. The van der Waals surface area contributed by atoms with Crippen LogP contribution < -0.4 is 14.5 Å². The number of esters is 1. The first-order valence-electron chi connectivity index (χ1n) is 11.1. The van der Waals surface area contributed by atoms with Crippen molar-refractivity contribution >= 4 is 46.7 Å². The van der Waals surface area contributed by atoms with E-state index in [0.717, 1.165) is 10.5 Å². The number of carbonyl (C=O) groups excluding carboxylic acids is 4. The Morgan fingerprint density at radius 2 is 1.60 bits per heavy atom. The lowest BCUT2D eigenvalue weighted by molar-refractivity contribution is -0.139. The summed E-state index contributed by atoms with van der Waals surface area (Å²) in [5, 5.41) is 0.551. The number of rotatable bonds is 4. The fourth-order valence-corrected chi connectivity index (χ4v) is 4.71. The van der Waals surface area contributed by atoms with Gasteiger partial charge in [-0.15, -0.1) is 0 Å². The van der Waals surface area contributed by atoms with E-state index < -0.39 is 11.9 Å². The predicted molar refractivity (Wildman–Crippen MR) is 131 cm³/mol. The molecule has 5 rings (SSSR count). The summed E-state index contributed by atoms with van der Waals surface area (Å²) in [5.74, 6) is -1.82. The summed E-state index contributed by atoms with van der Waals surface area (Å²) in [5.41, 5.74) is 3.20. The number of nitrogens with zero attached hydrogens (tertiary/aromatic N) is 2. The smallest absolute Gasteiger partial charge is 0.316 e. The summed E-state index contributed by atoms with van der Waals surface area (Å²) in [6.45, 7) is 3.76. The number of amides is 3. The summed E-state index contributed by atoms with van der Waals surface area (Å²) in [7, 11) is 0. The maximum absolute atomic E-state index is 12.8. The maximum atomic E-state index is 12.8. The van der Waals surface area contributed by atoms with Crippen molar-refractivity contribution < 1.29 is 23.9 Å². The van der Waals surface area contributed by atoms with Crippen molar-refractivity contribution in [2.75, 3.05) is 16.3 Å². The number of halogens is 1. The highest BCUT2D eigenvalue weighted by atomic mass is 35.5. The van der Waals surface area contributed by atoms with Crippen molar-refractivity contribution in [3.05, 3.63) is 87.9 Å². The van der Waals surface area contributed by atoms with Gasteiger partial charge in [0, 0.05) is 23.7 Å². The lowest BCUT2D eigenvalue weighted by Gasteiger charge is -2.20. The number of benzene rings is 3. The average molecular weight is 489 g/mol. The molecule has 3 aromatic carbocycles. The Morgan fingerprint density at radius 3 is 2.26 bits per heavy atom. The zero-order valence-corrected chi connectivity index (χ0v) is 19.8. The fourth-order valence-electron chi connectivity index (χ4n) is 4.54. The summed E-state index contributed by atoms with van der Waals surface area (Å²) < 4.78 is 5.57. The molecule has 0 spiro atoms. The van der Waals surface area contributed by atoms with E-state index in [-0.39, 0.29) is 36.4 Å². The molecule has 0 N–H and O–H groups in total. The molecule has 0 unspecified atom stereocenters. The monoisotopic (exact) mass is 488 g/mol. The topological polar surface area (TPSA) is 84.0 Å². The Kier molecular flexibility index (Phi) is 5.65. The van der Waals surface area contributed by atoms with Gasteiger partial charge < -0.3 is 9.64 Å². The van der Waals surface area contributed by atoms with Crippen LogP contribution in [0.3, 0.4) is 0 Å². The summed E-state index contributed by atoms with van der Waals surface area (Å²) in [6.07, 6.45) is 0.0386. The van der Waals surface area contributed by atoms with E-state index in [0.29, 0.717) is 33.1 Å². The molecule has 2 aliphatic rings. The molecular formula is C27H21ClN2O5. The minimum atomic E-state index is -0.628. The number of carbonyl (C=O) groups is 4. The third-order valence-corrected chi connectivity index (χ3v) is 6.82. The van der Waals surface area contributed by atoms with E-state index in [2.05, 4.69) is 0 Å². The van der Waals surface area contributed by atoms with Gasteiger partial charge in [0.2, 0.25) is 5.91 Å². The number of hydrogen-bond acceptors (Lipinski definition) is 5. The Bertz CT molecular complexity index is 1380. The Balaban J connectivity index is 1.31. The lowest BCUT2D eigenvalue weighted by Crippen LogP contribution is -2.30. The van der Waals surface area contributed by atoms with Crippen molar-refractivity contribution in [3.8, 4) is 5.75 Å². The first kappa shape index (κ1) is 22.8. The molecule has 0 radical (unpaired) electrons. The largest absolute Gasteiger partial charge is 0.426 e. The van der Waals surface area contributed by atoms with Crippen LogP contribution in [0.4, 0.5) is 11.4 Å². The van der Waals surface area contributed by atoms with Crippen LogP contribution in [0.15, 0.2) is 60.7 Å². The second-order valence-electron chi connectivity index (χ2n) is 8.65. The second kappa shape index (κ2) is 8.67. The van der Waals surface area contributed by atoms with Gasteiger partial charge in [0.25, 0.3) is 11.8 Å². The normalized spacial score (nSPS) is 17.2. The van der Waals surface area contributed by atoms with E-state index in [4.69, 9.17) is 16.3 Å². The van der Waals surface area contributed by atoms with E-state index in [1.54, 1.807) is 72.5 Å². The fraction of sp³-hybridized carbons (Fsp3) is 0.185. The van der Waals surface area contributed by atoms with Gasteiger partial charge >= 0.3 is 5.97 Å². The van der Waals surface area contributed by atoms with Crippen LogP contribution in [0, 0.1) is 19.8 Å². The number of fused-ring (bicyclic) bond motifs is 1. The molecule has 3 amide bonds. The van der Waals surface area contributed by atoms with E-state index in [1.807, 2.05) is 6.92 Å². The molecule has 0 aromatic heterocycles. The molecule has 0 saturated carbocycles. The molecular weight excluding hydrogens is 468 g/mol. The van der Waals surface area contributed by atoms with Gasteiger partial charge in [-0.25, -0.2) is 4.90 Å². The van der Waals surface area contributed by atoms with E-state index in [1.165, 1.54) is 0 Å². The van der Waals surface area contributed by atoms with Crippen LogP contribution in [-0.2, 0) is 9.59 Å². The molecule has 1 fully saturated rings. The number of ether oxygens (including phenoxy) is 1. The Labute approximate surface area is 206 Å². The zero-order valence-electron chi connectivity index (χ0n) is 19.1.